The van der Waals surface area contributed by atoms with E-state index in [1.807, 2.05) is 13.0 Å². The zero-order valence-electron chi connectivity index (χ0n) is 12.5. The molecule has 0 spiro atoms. The van der Waals surface area contributed by atoms with Crippen LogP contribution in [0, 0.1) is 5.92 Å². The van der Waals surface area contributed by atoms with E-state index in [1.165, 1.54) is 12.8 Å². The molecule has 0 aliphatic heterocycles. The van der Waals surface area contributed by atoms with Crippen molar-refractivity contribution in [2.24, 2.45) is 5.92 Å². The number of urea groups is 1. The Morgan fingerprint density at radius 2 is 2.05 bits per heavy atom. The van der Waals surface area contributed by atoms with Gasteiger partial charge in [0.2, 0.25) is 0 Å². The first-order valence-electron chi connectivity index (χ1n) is 7.32. The summed E-state index contributed by atoms with van der Waals surface area (Å²) in [5, 5.41) is 12.1. The van der Waals surface area contributed by atoms with Gasteiger partial charge in [-0.25, -0.2) is 9.59 Å². The van der Waals surface area contributed by atoms with E-state index in [1.54, 1.807) is 30.1 Å². The Morgan fingerprint density at radius 3 is 2.67 bits per heavy atom. The van der Waals surface area contributed by atoms with Crippen LogP contribution < -0.4 is 5.32 Å². The molecule has 2 N–H and O–H groups in total. The molecule has 0 bridgehead atoms. The Bertz CT molecular complexity index is 526. The van der Waals surface area contributed by atoms with Crippen LogP contribution in [0.4, 0.5) is 4.79 Å². The molecule has 0 heterocycles. The molecule has 21 heavy (non-hydrogen) atoms. The van der Waals surface area contributed by atoms with Gasteiger partial charge in [-0.2, -0.15) is 0 Å². The van der Waals surface area contributed by atoms with Crippen molar-refractivity contribution in [2.45, 2.75) is 32.2 Å². The van der Waals surface area contributed by atoms with Crippen LogP contribution in [0.5, 0.6) is 0 Å². The number of carbonyl (C=O) groups excluding carboxylic acids is 1. The maximum absolute atomic E-state index is 12.0. The molecule has 1 atom stereocenters. The van der Waals surface area contributed by atoms with Gasteiger partial charge in [-0.15, -0.1) is 0 Å². The van der Waals surface area contributed by atoms with E-state index >= 15 is 0 Å². The SMILES string of the molecule is CC(NC(=O)N(C)CCc1ccccc1C(=O)O)C1CC1. The molecular formula is C16H22N2O3. The van der Waals surface area contributed by atoms with Gasteiger partial charge in [-0.3, -0.25) is 0 Å². The monoisotopic (exact) mass is 290 g/mol. The molecule has 1 saturated carbocycles. The molecule has 0 aromatic heterocycles. The topological polar surface area (TPSA) is 69.6 Å². The number of carboxylic acids is 1. The second-order valence-corrected chi connectivity index (χ2v) is 5.71. The first kappa shape index (κ1) is 15.4. The van der Waals surface area contributed by atoms with Gasteiger partial charge in [0.05, 0.1) is 5.56 Å². The number of nitrogens with one attached hydrogen (secondary N) is 1. The standard InChI is InChI=1S/C16H22N2O3/c1-11(12-7-8-12)17-16(21)18(2)10-9-13-5-3-4-6-14(13)15(19)20/h3-6,11-12H,7-10H2,1-2H3,(H,17,21)(H,19,20). The third kappa shape index (κ3) is 4.21. The zero-order chi connectivity index (χ0) is 15.4. The number of aromatic carboxylic acids is 1. The van der Waals surface area contributed by atoms with Crippen LogP contribution >= 0.6 is 0 Å². The first-order chi connectivity index (χ1) is 9.99. The molecule has 1 aliphatic carbocycles. The largest absolute Gasteiger partial charge is 0.478 e. The predicted molar refractivity (Wildman–Crippen MR) is 80.5 cm³/mol. The van der Waals surface area contributed by atoms with Crippen LogP contribution in [0.2, 0.25) is 0 Å². The molecule has 5 heteroatoms. The lowest BCUT2D eigenvalue weighted by molar-refractivity contribution is 0.0695. The summed E-state index contributed by atoms with van der Waals surface area (Å²) in [4.78, 5) is 24.8. The number of hydrogen-bond acceptors (Lipinski definition) is 2. The lowest BCUT2D eigenvalue weighted by Crippen LogP contribution is -2.43. The number of benzene rings is 1. The summed E-state index contributed by atoms with van der Waals surface area (Å²) in [6.07, 6.45) is 2.92. The lowest BCUT2D eigenvalue weighted by Gasteiger charge is -2.21. The average Bonchev–Trinajstić information content (AvgIpc) is 3.29. The average molecular weight is 290 g/mol. The minimum absolute atomic E-state index is 0.0952. The number of hydrogen-bond donors (Lipinski definition) is 2. The highest BCUT2D eigenvalue weighted by atomic mass is 16.4. The highest BCUT2D eigenvalue weighted by molar-refractivity contribution is 5.89. The Hall–Kier alpha value is -2.04. The smallest absolute Gasteiger partial charge is 0.335 e. The third-order valence-electron chi connectivity index (χ3n) is 3.99. The molecule has 114 valence electrons. The van der Waals surface area contributed by atoms with E-state index in [0.29, 0.717) is 24.4 Å². The fraction of sp³-hybridized carbons (Fsp3) is 0.500. The van der Waals surface area contributed by atoms with Gasteiger partial charge in [0.1, 0.15) is 0 Å². The van der Waals surface area contributed by atoms with E-state index in [2.05, 4.69) is 5.32 Å². The Morgan fingerprint density at radius 1 is 1.38 bits per heavy atom. The summed E-state index contributed by atoms with van der Waals surface area (Å²) in [6.45, 7) is 2.52. The van der Waals surface area contributed by atoms with E-state index in [4.69, 9.17) is 5.11 Å². The van der Waals surface area contributed by atoms with Crippen molar-refractivity contribution in [3.63, 3.8) is 0 Å². The van der Waals surface area contributed by atoms with Crippen molar-refractivity contribution >= 4 is 12.0 Å². The summed E-state index contributed by atoms with van der Waals surface area (Å²) >= 11 is 0. The summed E-state index contributed by atoms with van der Waals surface area (Å²) < 4.78 is 0. The molecule has 1 fully saturated rings. The molecule has 1 unspecified atom stereocenters. The van der Waals surface area contributed by atoms with Gasteiger partial charge < -0.3 is 15.3 Å². The summed E-state index contributed by atoms with van der Waals surface area (Å²) in [5.41, 5.74) is 1.05. The summed E-state index contributed by atoms with van der Waals surface area (Å²) in [6, 6.07) is 7.03. The minimum atomic E-state index is -0.930. The molecule has 2 amide bonds. The maximum Gasteiger partial charge on any atom is 0.335 e. The van der Waals surface area contributed by atoms with Gasteiger partial charge in [0, 0.05) is 19.6 Å². The molecule has 5 nitrogen and oxygen atoms in total. The van der Waals surface area contributed by atoms with Crippen molar-refractivity contribution in [3.8, 4) is 0 Å². The summed E-state index contributed by atoms with van der Waals surface area (Å²) in [7, 11) is 1.73. The van der Waals surface area contributed by atoms with Gasteiger partial charge in [-0.1, -0.05) is 18.2 Å². The number of carboxylic acid groups (broad SMARTS) is 1. The minimum Gasteiger partial charge on any atom is -0.478 e. The van der Waals surface area contributed by atoms with Gasteiger partial charge in [0.15, 0.2) is 0 Å². The fourth-order valence-electron chi connectivity index (χ4n) is 2.36. The molecule has 1 aromatic rings. The highest BCUT2D eigenvalue weighted by Gasteiger charge is 2.29. The Balaban J connectivity index is 1.87. The highest BCUT2D eigenvalue weighted by Crippen LogP contribution is 2.32. The van der Waals surface area contributed by atoms with Crippen LogP contribution in [-0.4, -0.2) is 41.6 Å². The molecule has 1 aliphatic rings. The fourth-order valence-corrected chi connectivity index (χ4v) is 2.36. The molecule has 2 rings (SSSR count). The number of carbonyl (C=O) groups is 2. The second kappa shape index (κ2) is 6.61. The molecular weight excluding hydrogens is 268 g/mol. The van der Waals surface area contributed by atoms with Crippen molar-refractivity contribution in [3.05, 3.63) is 35.4 Å². The van der Waals surface area contributed by atoms with E-state index in [0.717, 1.165) is 5.56 Å². The quantitative estimate of drug-likeness (QED) is 0.845. The van der Waals surface area contributed by atoms with Crippen molar-refractivity contribution in [1.29, 1.82) is 0 Å². The first-order valence-corrected chi connectivity index (χ1v) is 7.32. The number of nitrogens with zero attached hydrogens (tertiary/aromatic N) is 1. The summed E-state index contributed by atoms with van der Waals surface area (Å²) in [5.74, 6) is -0.310. The lowest BCUT2D eigenvalue weighted by atomic mass is 10.0. The van der Waals surface area contributed by atoms with Gasteiger partial charge in [0.25, 0.3) is 0 Å². The molecule has 0 saturated heterocycles. The zero-order valence-corrected chi connectivity index (χ0v) is 12.5. The van der Waals surface area contributed by atoms with Crippen molar-refractivity contribution in [2.75, 3.05) is 13.6 Å². The van der Waals surface area contributed by atoms with E-state index in [-0.39, 0.29) is 12.1 Å². The second-order valence-electron chi connectivity index (χ2n) is 5.71. The van der Waals surface area contributed by atoms with Crippen molar-refractivity contribution in [1.82, 2.24) is 10.2 Å². The third-order valence-corrected chi connectivity index (χ3v) is 3.99. The predicted octanol–water partition coefficient (Wildman–Crippen LogP) is 2.37. The van der Waals surface area contributed by atoms with Crippen LogP contribution in [0.1, 0.15) is 35.7 Å². The maximum atomic E-state index is 12.0. The van der Waals surface area contributed by atoms with Crippen LogP contribution in [0.3, 0.4) is 0 Å². The van der Waals surface area contributed by atoms with Crippen LogP contribution in [-0.2, 0) is 6.42 Å². The number of likely N-dealkylation sites (N-methyl/N-ethyl adjacent to an activating group) is 1. The Kier molecular flexibility index (Phi) is 4.83. The Labute approximate surface area is 125 Å². The molecule has 0 radical (unpaired) electrons. The number of rotatable bonds is 6. The van der Waals surface area contributed by atoms with Crippen molar-refractivity contribution < 1.29 is 14.7 Å². The van der Waals surface area contributed by atoms with Gasteiger partial charge in [-0.05, 0) is 43.7 Å². The number of amides is 2. The van der Waals surface area contributed by atoms with Gasteiger partial charge >= 0.3 is 12.0 Å². The van der Waals surface area contributed by atoms with E-state index < -0.39 is 5.97 Å². The van der Waals surface area contributed by atoms with Crippen LogP contribution in [0.15, 0.2) is 24.3 Å². The van der Waals surface area contributed by atoms with Crippen LogP contribution in [0.25, 0.3) is 0 Å². The van der Waals surface area contributed by atoms with E-state index in [9.17, 15) is 9.59 Å². The normalized spacial score (nSPS) is 15.3. The molecule has 1 aromatic carbocycles.